The van der Waals surface area contributed by atoms with Gasteiger partial charge in [0.1, 0.15) is 5.75 Å². The fourth-order valence-electron chi connectivity index (χ4n) is 3.07. The molecule has 0 amide bonds. The highest BCUT2D eigenvalue weighted by Crippen LogP contribution is 2.30. The van der Waals surface area contributed by atoms with Crippen LogP contribution in [-0.2, 0) is 11.3 Å². The topological polar surface area (TPSA) is 66.3 Å². The van der Waals surface area contributed by atoms with Crippen LogP contribution in [0.15, 0.2) is 59.6 Å². The molecule has 0 saturated carbocycles. The van der Waals surface area contributed by atoms with Crippen molar-refractivity contribution in [3.8, 4) is 11.5 Å². The highest BCUT2D eigenvalue weighted by atomic mass is 19.1. The van der Waals surface area contributed by atoms with Crippen molar-refractivity contribution in [3.63, 3.8) is 0 Å². The van der Waals surface area contributed by atoms with Crippen molar-refractivity contribution in [2.45, 2.75) is 20.4 Å². The Morgan fingerprint density at radius 1 is 1.14 bits per heavy atom. The second kappa shape index (κ2) is 8.26. The molecule has 7 heteroatoms. The summed E-state index contributed by atoms with van der Waals surface area (Å²) in [5.41, 5.74) is 4.03. The predicted molar refractivity (Wildman–Crippen MR) is 111 cm³/mol. The Kier molecular flexibility index (Phi) is 5.77. The van der Waals surface area contributed by atoms with Gasteiger partial charge in [0.05, 0.1) is 38.3 Å². The van der Waals surface area contributed by atoms with E-state index in [0.29, 0.717) is 29.5 Å². The lowest BCUT2D eigenvalue weighted by Gasteiger charge is -2.30. The maximum Gasteiger partial charge on any atom is 0.208 e. The lowest BCUT2D eigenvalue weighted by Crippen LogP contribution is -2.41. The molecule has 0 aromatic heterocycles. The van der Waals surface area contributed by atoms with E-state index in [1.807, 2.05) is 30.9 Å². The molecule has 6 nitrogen and oxygen atoms in total. The van der Waals surface area contributed by atoms with Crippen molar-refractivity contribution in [3.05, 3.63) is 77.1 Å². The molecule has 29 heavy (non-hydrogen) atoms. The molecule has 152 valence electrons. The van der Waals surface area contributed by atoms with Gasteiger partial charge in [0, 0.05) is 6.07 Å². The van der Waals surface area contributed by atoms with Crippen LogP contribution in [0.3, 0.4) is 0 Å². The van der Waals surface area contributed by atoms with E-state index in [9.17, 15) is 9.50 Å². The Bertz CT molecular complexity index is 1010. The van der Waals surface area contributed by atoms with Crippen LogP contribution in [-0.4, -0.2) is 30.2 Å². The fraction of sp³-hybridized carbons (Fsp3) is 0.227. The lowest BCUT2D eigenvalue weighted by molar-refractivity contribution is 0.282. The summed E-state index contributed by atoms with van der Waals surface area (Å²) in [6.45, 7) is 8.26. The van der Waals surface area contributed by atoms with Crippen LogP contribution >= 0.6 is 0 Å². The van der Waals surface area contributed by atoms with Gasteiger partial charge in [-0.05, 0) is 42.7 Å². The number of hydrogen-bond donors (Lipinski definition) is 2. The number of aromatic hydroxyl groups is 1. The minimum absolute atomic E-state index is 0.335. The molecule has 1 heterocycles. The van der Waals surface area contributed by atoms with Crippen LogP contribution in [0.25, 0.3) is 0 Å². The molecular weight excluding hydrogens is 373 g/mol. The van der Waals surface area contributed by atoms with E-state index in [4.69, 9.17) is 14.5 Å². The smallest absolute Gasteiger partial charge is 0.208 e. The van der Waals surface area contributed by atoms with Crippen molar-refractivity contribution in [1.29, 1.82) is 0 Å². The average Bonchev–Trinajstić information content (AvgIpc) is 2.68. The number of guanidine groups is 1. The molecule has 2 aromatic carbocycles. The maximum absolute atomic E-state index is 13.4. The molecule has 0 fully saturated rings. The van der Waals surface area contributed by atoms with Gasteiger partial charge in [-0.25, -0.2) is 9.38 Å². The van der Waals surface area contributed by atoms with Crippen molar-refractivity contribution in [1.82, 2.24) is 10.2 Å². The van der Waals surface area contributed by atoms with Crippen molar-refractivity contribution in [2.75, 3.05) is 14.2 Å². The van der Waals surface area contributed by atoms with Gasteiger partial charge in [0.15, 0.2) is 17.3 Å². The molecule has 0 saturated heterocycles. The summed E-state index contributed by atoms with van der Waals surface area (Å²) in [5.74, 6) is 0.753. The number of phenols is 1. The lowest BCUT2D eigenvalue weighted by atomic mass is 10.1. The molecule has 0 radical (unpaired) electrons. The molecule has 3 rings (SSSR count). The summed E-state index contributed by atoms with van der Waals surface area (Å²) in [6.07, 6.45) is 1.76. The van der Waals surface area contributed by atoms with Crippen LogP contribution < -0.4 is 10.1 Å². The summed E-state index contributed by atoms with van der Waals surface area (Å²) in [6, 6.07) is 8.11. The SMILES string of the molecule is C=C1NC(=Nc2cc(OC)c(C)cc2C)N(Cc2ccc(F)c(O)c2)C=C1OC. The van der Waals surface area contributed by atoms with E-state index in [1.165, 1.54) is 12.1 Å². The number of halogens is 1. The molecular formula is C22H24FN3O3. The van der Waals surface area contributed by atoms with Gasteiger partial charge in [-0.2, -0.15) is 0 Å². The van der Waals surface area contributed by atoms with Gasteiger partial charge >= 0.3 is 0 Å². The molecule has 0 aliphatic carbocycles. The zero-order valence-electron chi connectivity index (χ0n) is 16.9. The van der Waals surface area contributed by atoms with Crippen molar-refractivity contribution in [2.24, 2.45) is 4.99 Å². The van der Waals surface area contributed by atoms with Crippen LogP contribution in [0.1, 0.15) is 16.7 Å². The summed E-state index contributed by atoms with van der Waals surface area (Å²) in [4.78, 5) is 6.57. The third-order valence-electron chi connectivity index (χ3n) is 4.63. The Morgan fingerprint density at radius 2 is 1.90 bits per heavy atom. The standard InChI is InChI=1S/C22H24FN3O3/c1-13-8-14(2)20(28-4)10-18(13)25-22-24-15(3)21(29-5)12-26(22)11-16-6-7-17(23)19(27)9-16/h6-10,12,27H,3,11H2,1-2,4-5H3,(H,24,25). The molecule has 0 spiro atoms. The molecule has 0 unspecified atom stereocenters. The van der Waals surface area contributed by atoms with E-state index in [0.717, 1.165) is 22.6 Å². The average molecular weight is 397 g/mol. The fourth-order valence-corrected chi connectivity index (χ4v) is 3.07. The minimum Gasteiger partial charge on any atom is -0.505 e. The largest absolute Gasteiger partial charge is 0.505 e. The minimum atomic E-state index is -0.664. The summed E-state index contributed by atoms with van der Waals surface area (Å²) < 4.78 is 24.2. The number of nitrogens with one attached hydrogen (secondary N) is 1. The molecule has 2 N–H and O–H groups in total. The second-order valence-electron chi connectivity index (χ2n) is 6.76. The Hall–Kier alpha value is -3.48. The normalized spacial score (nSPS) is 15.2. The first-order chi connectivity index (χ1) is 13.8. The zero-order valence-corrected chi connectivity index (χ0v) is 16.9. The first-order valence-corrected chi connectivity index (χ1v) is 9.02. The Balaban J connectivity index is 2.02. The molecule has 0 atom stereocenters. The van der Waals surface area contributed by atoms with Crippen LogP contribution in [0.2, 0.25) is 0 Å². The third-order valence-corrected chi connectivity index (χ3v) is 4.63. The van der Waals surface area contributed by atoms with Crippen LogP contribution in [0, 0.1) is 19.7 Å². The Morgan fingerprint density at radius 3 is 2.55 bits per heavy atom. The third kappa shape index (κ3) is 4.34. The van der Waals surface area contributed by atoms with Gasteiger partial charge in [-0.1, -0.05) is 18.7 Å². The van der Waals surface area contributed by atoms with Crippen molar-refractivity contribution >= 4 is 11.6 Å². The second-order valence-corrected chi connectivity index (χ2v) is 6.76. The van der Waals surface area contributed by atoms with E-state index in [1.54, 1.807) is 26.5 Å². The monoisotopic (exact) mass is 397 g/mol. The van der Waals surface area contributed by atoms with Crippen LogP contribution in [0.4, 0.5) is 10.1 Å². The summed E-state index contributed by atoms with van der Waals surface area (Å²) >= 11 is 0. The number of rotatable bonds is 5. The predicted octanol–water partition coefficient (Wildman–Crippen LogP) is 4.25. The summed E-state index contributed by atoms with van der Waals surface area (Å²) in [5, 5.41) is 12.8. The van der Waals surface area contributed by atoms with Crippen LogP contribution in [0.5, 0.6) is 11.5 Å². The highest BCUT2D eigenvalue weighted by Gasteiger charge is 2.21. The van der Waals surface area contributed by atoms with E-state index in [-0.39, 0.29) is 0 Å². The molecule has 1 aliphatic rings. The van der Waals surface area contributed by atoms with Gasteiger partial charge < -0.3 is 24.8 Å². The molecule has 1 aliphatic heterocycles. The number of nitrogens with zero attached hydrogens (tertiary/aromatic N) is 2. The number of ether oxygens (including phenoxy) is 2. The Labute approximate surface area is 169 Å². The van der Waals surface area contributed by atoms with Gasteiger partial charge in [-0.15, -0.1) is 0 Å². The summed E-state index contributed by atoms with van der Waals surface area (Å²) in [7, 11) is 3.17. The number of aryl methyl sites for hydroxylation is 2. The van der Waals surface area contributed by atoms with Gasteiger partial charge in [0.25, 0.3) is 0 Å². The molecule has 2 aromatic rings. The van der Waals surface area contributed by atoms with Gasteiger partial charge in [-0.3, -0.25) is 0 Å². The maximum atomic E-state index is 13.4. The molecule has 0 bridgehead atoms. The highest BCUT2D eigenvalue weighted by molar-refractivity contribution is 5.87. The number of benzene rings is 2. The number of aliphatic imine (C=N–C) groups is 1. The number of methoxy groups -OCH3 is 2. The van der Waals surface area contributed by atoms with Gasteiger partial charge in [0.2, 0.25) is 5.96 Å². The first-order valence-electron chi connectivity index (χ1n) is 9.02. The van der Waals surface area contributed by atoms with E-state index in [2.05, 4.69) is 11.9 Å². The van der Waals surface area contributed by atoms with Crippen molar-refractivity contribution < 1.29 is 19.0 Å². The number of hydrogen-bond acceptors (Lipinski definition) is 4. The van der Waals surface area contributed by atoms with E-state index >= 15 is 0 Å². The quantitative estimate of drug-likeness (QED) is 0.790. The zero-order chi connectivity index (χ0) is 21.1. The number of phenolic OH excluding ortho intramolecular Hbond substituents is 1. The first kappa shape index (κ1) is 20.3. The van der Waals surface area contributed by atoms with E-state index < -0.39 is 11.6 Å².